The molecule has 8 heteroatoms. The zero-order chi connectivity index (χ0) is 27.0. The molecule has 0 saturated heterocycles. The molecule has 0 unspecified atom stereocenters. The molecule has 0 spiro atoms. The third-order valence-corrected chi connectivity index (χ3v) is 6.32. The van der Waals surface area contributed by atoms with Crippen molar-refractivity contribution in [3.8, 4) is 46.0 Å². The van der Waals surface area contributed by atoms with Gasteiger partial charge in [0.25, 0.3) is 0 Å². The number of benzene rings is 4. The highest BCUT2D eigenvalue weighted by Gasteiger charge is 2.18. The lowest BCUT2D eigenvalue weighted by atomic mass is 9.92. The van der Waals surface area contributed by atoms with Gasteiger partial charge >= 0.3 is 0 Å². The Morgan fingerprint density at radius 1 is 0.351 bits per heavy atom. The highest BCUT2D eigenvalue weighted by atomic mass is 16.3. The van der Waals surface area contributed by atoms with E-state index < -0.39 is 11.5 Å². The van der Waals surface area contributed by atoms with Crippen molar-refractivity contribution in [2.75, 3.05) is 0 Å². The number of hydrogen-bond donors (Lipinski definition) is 8. The zero-order valence-electron chi connectivity index (χ0n) is 20.3. The van der Waals surface area contributed by atoms with Crippen LogP contribution in [0.5, 0.6) is 46.0 Å². The molecule has 192 valence electrons. The maximum atomic E-state index is 11.0. The standard InChI is InChI=1S/C29H28O8/c1-14-3-18(7-16-10-24(32)26(34)12-22(16)30)28(36)20(5-14)9-21-6-15(2)4-19(29(21)37)8-17-11-25(33)27(35)13-23(17)31/h3-6,10-13,30-37H,7-9H2,1-2H3. The van der Waals surface area contributed by atoms with E-state index in [0.717, 1.165) is 23.3 Å². The van der Waals surface area contributed by atoms with Gasteiger partial charge in [0.1, 0.15) is 23.0 Å². The first kappa shape index (κ1) is 25.4. The number of phenolic OH excluding ortho intramolecular Hbond substituents is 8. The highest BCUT2D eigenvalue weighted by molar-refractivity contribution is 5.56. The molecule has 37 heavy (non-hydrogen) atoms. The lowest BCUT2D eigenvalue weighted by molar-refractivity contribution is 0.394. The van der Waals surface area contributed by atoms with Crippen molar-refractivity contribution in [3.05, 3.63) is 93.0 Å². The van der Waals surface area contributed by atoms with Gasteiger partial charge in [0.15, 0.2) is 23.0 Å². The van der Waals surface area contributed by atoms with Crippen LogP contribution in [0.15, 0.2) is 48.5 Å². The minimum absolute atomic E-state index is 0.0267. The lowest BCUT2D eigenvalue weighted by Gasteiger charge is -2.16. The maximum absolute atomic E-state index is 11.0. The number of aryl methyl sites for hydroxylation is 2. The molecule has 4 rings (SSSR count). The molecule has 0 fully saturated rings. The van der Waals surface area contributed by atoms with Crippen molar-refractivity contribution >= 4 is 0 Å². The normalized spacial score (nSPS) is 11.1. The molecule has 0 heterocycles. The van der Waals surface area contributed by atoms with Crippen LogP contribution in [0.2, 0.25) is 0 Å². The minimum Gasteiger partial charge on any atom is -0.508 e. The summed E-state index contributed by atoms with van der Waals surface area (Å²) >= 11 is 0. The van der Waals surface area contributed by atoms with Gasteiger partial charge in [-0.25, -0.2) is 0 Å². The van der Waals surface area contributed by atoms with E-state index >= 15 is 0 Å². The third kappa shape index (κ3) is 5.28. The van der Waals surface area contributed by atoms with E-state index in [2.05, 4.69) is 0 Å². The molecule has 4 aromatic rings. The van der Waals surface area contributed by atoms with Gasteiger partial charge in [-0.15, -0.1) is 0 Å². The second-order valence-corrected chi connectivity index (χ2v) is 9.33. The molecular formula is C29H28O8. The van der Waals surface area contributed by atoms with Crippen LogP contribution in [0.4, 0.5) is 0 Å². The topological polar surface area (TPSA) is 162 Å². The molecule has 0 aliphatic carbocycles. The number of hydrogen-bond acceptors (Lipinski definition) is 8. The summed E-state index contributed by atoms with van der Waals surface area (Å²) in [6.45, 7) is 3.70. The van der Waals surface area contributed by atoms with Gasteiger partial charge in [0.2, 0.25) is 0 Å². The van der Waals surface area contributed by atoms with Crippen molar-refractivity contribution in [3.63, 3.8) is 0 Å². The molecule has 0 amide bonds. The van der Waals surface area contributed by atoms with E-state index in [1.807, 2.05) is 13.8 Å². The Kier molecular flexibility index (Phi) is 6.68. The second kappa shape index (κ2) is 9.73. The Hall–Kier alpha value is -4.72. The van der Waals surface area contributed by atoms with Gasteiger partial charge in [-0.3, -0.25) is 0 Å². The SMILES string of the molecule is Cc1cc(Cc2cc(O)c(O)cc2O)c(O)c(Cc2cc(C)cc(Cc3cc(O)c(O)cc3O)c2O)c1. The summed E-state index contributed by atoms with van der Waals surface area (Å²) in [6, 6.07) is 11.6. The number of rotatable bonds is 6. The van der Waals surface area contributed by atoms with Crippen LogP contribution >= 0.6 is 0 Å². The summed E-state index contributed by atoms with van der Waals surface area (Å²) < 4.78 is 0. The second-order valence-electron chi connectivity index (χ2n) is 9.33. The summed E-state index contributed by atoms with van der Waals surface area (Å²) in [7, 11) is 0. The fourth-order valence-electron chi connectivity index (χ4n) is 4.52. The summed E-state index contributed by atoms with van der Waals surface area (Å²) in [6.07, 6.45) is 0.365. The Morgan fingerprint density at radius 2 is 0.622 bits per heavy atom. The molecular weight excluding hydrogens is 476 g/mol. The van der Waals surface area contributed by atoms with Gasteiger partial charge in [-0.2, -0.15) is 0 Å². The number of aromatic hydroxyl groups is 8. The van der Waals surface area contributed by atoms with Crippen molar-refractivity contribution in [1.82, 2.24) is 0 Å². The average molecular weight is 505 g/mol. The fourth-order valence-corrected chi connectivity index (χ4v) is 4.52. The molecule has 0 bridgehead atoms. The van der Waals surface area contributed by atoms with Crippen molar-refractivity contribution < 1.29 is 40.9 Å². The predicted octanol–water partition coefficient (Wildman–Crippen LogP) is 4.72. The first-order valence-corrected chi connectivity index (χ1v) is 11.5. The van der Waals surface area contributed by atoms with Crippen LogP contribution in [-0.4, -0.2) is 40.9 Å². The lowest BCUT2D eigenvalue weighted by Crippen LogP contribution is -1.99. The Morgan fingerprint density at radius 3 is 0.946 bits per heavy atom. The van der Waals surface area contributed by atoms with Gasteiger partial charge in [0.05, 0.1) is 0 Å². The monoisotopic (exact) mass is 504 g/mol. The van der Waals surface area contributed by atoms with Gasteiger partial charge in [-0.1, -0.05) is 35.4 Å². The van der Waals surface area contributed by atoms with Crippen LogP contribution in [-0.2, 0) is 19.3 Å². The summed E-state index contributed by atoms with van der Waals surface area (Å²) in [5, 5.41) is 81.3. The van der Waals surface area contributed by atoms with Crippen molar-refractivity contribution in [2.24, 2.45) is 0 Å². The van der Waals surface area contributed by atoms with Crippen LogP contribution in [0, 0.1) is 13.8 Å². The Balaban J connectivity index is 1.69. The fraction of sp³-hybridized carbons (Fsp3) is 0.172. The predicted molar refractivity (Wildman–Crippen MR) is 137 cm³/mol. The largest absolute Gasteiger partial charge is 0.508 e. The van der Waals surface area contributed by atoms with Gasteiger partial charge in [0, 0.05) is 42.5 Å². The molecule has 0 aromatic heterocycles. The van der Waals surface area contributed by atoms with E-state index in [4.69, 9.17) is 0 Å². The number of phenols is 8. The van der Waals surface area contributed by atoms with Crippen molar-refractivity contribution in [1.29, 1.82) is 0 Å². The molecule has 0 aliphatic rings. The smallest absolute Gasteiger partial charge is 0.161 e. The van der Waals surface area contributed by atoms with Crippen LogP contribution in [0.3, 0.4) is 0 Å². The molecule has 4 aromatic carbocycles. The van der Waals surface area contributed by atoms with E-state index in [1.165, 1.54) is 12.1 Å². The highest BCUT2D eigenvalue weighted by Crippen LogP contribution is 2.39. The van der Waals surface area contributed by atoms with E-state index in [9.17, 15) is 40.9 Å². The van der Waals surface area contributed by atoms with Crippen molar-refractivity contribution in [2.45, 2.75) is 33.1 Å². The maximum Gasteiger partial charge on any atom is 0.161 e. The molecule has 8 nitrogen and oxygen atoms in total. The third-order valence-electron chi connectivity index (χ3n) is 6.32. The van der Waals surface area contributed by atoms with Gasteiger partial charge in [-0.05, 0) is 48.2 Å². The zero-order valence-corrected chi connectivity index (χ0v) is 20.3. The van der Waals surface area contributed by atoms with E-state index in [1.54, 1.807) is 24.3 Å². The average Bonchev–Trinajstić information content (AvgIpc) is 2.81. The van der Waals surface area contributed by atoms with Crippen LogP contribution in [0.1, 0.15) is 44.5 Å². The summed E-state index contributed by atoms with van der Waals surface area (Å²) in [4.78, 5) is 0. The quantitative estimate of drug-likeness (QED) is 0.138. The van der Waals surface area contributed by atoms with Crippen LogP contribution in [0.25, 0.3) is 0 Å². The Bertz CT molecular complexity index is 1390. The first-order chi connectivity index (χ1) is 17.4. The molecule has 8 N–H and O–H groups in total. The van der Waals surface area contributed by atoms with Gasteiger partial charge < -0.3 is 40.9 Å². The molecule has 0 aliphatic heterocycles. The summed E-state index contributed by atoms with van der Waals surface area (Å²) in [5.41, 5.74) is 4.37. The Labute approximate surface area is 213 Å². The molecule has 0 atom stereocenters. The van der Waals surface area contributed by atoms with Crippen LogP contribution < -0.4 is 0 Å². The minimum atomic E-state index is -0.447. The first-order valence-electron chi connectivity index (χ1n) is 11.5. The van der Waals surface area contributed by atoms with E-state index in [-0.39, 0.29) is 53.8 Å². The van der Waals surface area contributed by atoms with E-state index in [0.29, 0.717) is 33.4 Å². The summed E-state index contributed by atoms with van der Waals surface area (Å²) in [5.74, 6) is -2.16. The molecule has 0 radical (unpaired) electrons. The molecule has 0 saturated carbocycles.